The molecule has 0 radical (unpaired) electrons. The Morgan fingerprint density at radius 2 is 2.22 bits per heavy atom. The maximum absolute atomic E-state index is 13.8. The van der Waals surface area contributed by atoms with Gasteiger partial charge in [-0.05, 0) is 31.2 Å². The molecule has 1 aromatic carbocycles. The summed E-state index contributed by atoms with van der Waals surface area (Å²) in [4.78, 5) is 16.9. The van der Waals surface area contributed by atoms with Gasteiger partial charge in [-0.25, -0.2) is 18.3 Å². The van der Waals surface area contributed by atoms with Gasteiger partial charge in [-0.2, -0.15) is 5.10 Å². The first-order valence-electron chi connectivity index (χ1n) is 8.46. The molecule has 27 heavy (non-hydrogen) atoms. The van der Waals surface area contributed by atoms with Gasteiger partial charge in [0.2, 0.25) is 0 Å². The number of carbonyl (C=O) groups excluding carboxylic acids is 1. The number of hydrogen-bond donors (Lipinski definition) is 2. The molecule has 140 valence electrons. The zero-order valence-corrected chi connectivity index (χ0v) is 14.4. The van der Waals surface area contributed by atoms with Crippen molar-refractivity contribution >= 4 is 17.4 Å². The van der Waals surface area contributed by atoms with E-state index < -0.39 is 24.5 Å². The zero-order valence-electron chi connectivity index (χ0n) is 14.4. The number of halogens is 2. The quantitative estimate of drug-likeness (QED) is 0.685. The molecular formula is C18H17F2N5O2. The van der Waals surface area contributed by atoms with Gasteiger partial charge in [0.1, 0.15) is 35.7 Å². The number of rotatable bonds is 1. The van der Waals surface area contributed by atoms with Crippen LogP contribution < -0.4 is 15.4 Å². The summed E-state index contributed by atoms with van der Waals surface area (Å²) in [7, 11) is 0. The second kappa shape index (κ2) is 6.82. The van der Waals surface area contributed by atoms with Gasteiger partial charge in [-0.15, -0.1) is 0 Å². The lowest BCUT2D eigenvalue weighted by Crippen LogP contribution is -2.36. The van der Waals surface area contributed by atoms with E-state index in [9.17, 15) is 13.6 Å². The summed E-state index contributed by atoms with van der Waals surface area (Å²) in [5, 5.41) is 9.90. The summed E-state index contributed by atoms with van der Waals surface area (Å²) in [5.74, 6) is -0.0251. The second-order valence-electron chi connectivity index (χ2n) is 6.29. The van der Waals surface area contributed by atoms with E-state index in [1.165, 1.54) is 28.9 Å². The average molecular weight is 373 g/mol. The lowest BCUT2D eigenvalue weighted by molar-refractivity contribution is 0.0916. The number of nitrogens with one attached hydrogen (secondary N) is 2. The summed E-state index contributed by atoms with van der Waals surface area (Å²) < 4.78 is 34.4. The van der Waals surface area contributed by atoms with E-state index in [2.05, 4.69) is 20.7 Å². The molecule has 0 unspecified atom stereocenters. The lowest BCUT2D eigenvalue weighted by atomic mass is 10.1. The van der Waals surface area contributed by atoms with Crippen molar-refractivity contribution in [3.63, 3.8) is 0 Å². The van der Waals surface area contributed by atoms with Gasteiger partial charge < -0.3 is 15.4 Å². The van der Waals surface area contributed by atoms with Crippen molar-refractivity contribution in [1.82, 2.24) is 19.9 Å². The second-order valence-corrected chi connectivity index (χ2v) is 6.29. The maximum atomic E-state index is 13.8. The summed E-state index contributed by atoms with van der Waals surface area (Å²) in [5.41, 5.74) is 1.15. The van der Waals surface area contributed by atoms with E-state index in [0.717, 1.165) is 0 Å². The van der Waals surface area contributed by atoms with Crippen molar-refractivity contribution in [2.45, 2.75) is 19.1 Å². The minimum absolute atomic E-state index is 0.0506. The summed E-state index contributed by atoms with van der Waals surface area (Å²) in [6.07, 6.45) is 2.16. The average Bonchev–Trinajstić information content (AvgIpc) is 3.08. The van der Waals surface area contributed by atoms with Crippen molar-refractivity contribution in [2.24, 2.45) is 0 Å². The Hall–Kier alpha value is -3.23. The lowest BCUT2D eigenvalue weighted by Gasteiger charge is -2.22. The van der Waals surface area contributed by atoms with Gasteiger partial charge in [0.05, 0.1) is 18.8 Å². The van der Waals surface area contributed by atoms with Crippen molar-refractivity contribution in [3.8, 4) is 5.75 Å². The molecular weight excluding hydrogens is 356 g/mol. The standard InChI is InChI=1S/C18H17F2N5O2/c1-10-13-6-11(20)2-3-15(13)27-12(7-19)8-21-18(26)14-9-22-25-5-4-16(23-10)24-17(14)25/h2-6,9-10,12H,7-8H2,1H3,(H,21,26)(H,23,24)/t10-,12+/m1/s1. The predicted octanol–water partition coefficient (Wildman–Crippen LogP) is 2.50. The Bertz CT molecular complexity index is 1010. The molecule has 2 bridgehead atoms. The number of aromatic nitrogens is 3. The number of ether oxygens (including phenoxy) is 1. The van der Waals surface area contributed by atoms with Gasteiger partial charge in [0.25, 0.3) is 5.91 Å². The largest absolute Gasteiger partial charge is 0.485 e. The van der Waals surface area contributed by atoms with E-state index >= 15 is 0 Å². The third kappa shape index (κ3) is 3.27. The first kappa shape index (κ1) is 17.2. The molecule has 1 amide bonds. The Morgan fingerprint density at radius 1 is 1.37 bits per heavy atom. The maximum Gasteiger partial charge on any atom is 0.256 e. The topological polar surface area (TPSA) is 80.5 Å². The molecule has 0 fully saturated rings. The summed E-state index contributed by atoms with van der Waals surface area (Å²) in [6, 6.07) is 5.37. The van der Waals surface area contributed by atoms with Crippen molar-refractivity contribution in [3.05, 3.63) is 53.6 Å². The summed E-state index contributed by atoms with van der Waals surface area (Å²) >= 11 is 0. The number of hydrogen-bond acceptors (Lipinski definition) is 5. The minimum atomic E-state index is -0.909. The Kier molecular flexibility index (Phi) is 4.35. The van der Waals surface area contributed by atoms with Gasteiger partial charge in [0, 0.05) is 11.8 Å². The molecule has 2 aromatic heterocycles. The summed E-state index contributed by atoms with van der Waals surface area (Å²) in [6.45, 7) is 0.956. The molecule has 0 saturated heterocycles. The number of amides is 1. The van der Waals surface area contributed by atoms with Crippen molar-refractivity contribution in [1.29, 1.82) is 0 Å². The van der Waals surface area contributed by atoms with Crippen LogP contribution in [0.1, 0.15) is 28.9 Å². The Morgan fingerprint density at radius 3 is 3.04 bits per heavy atom. The number of fused-ring (bicyclic) bond motifs is 2. The van der Waals surface area contributed by atoms with Crippen LogP contribution >= 0.6 is 0 Å². The third-order valence-corrected chi connectivity index (χ3v) is 4.37. The highest BCUT2D eigenvalue weighted by Crippen LogP contribution is 2.29. The molecule has 1 aliphatic rings. The fourth-order valence-corrected chi connectivity index (χ4v) is 2.98. The Labute approximate surface area is 153 Å². The molecule has 2 atom stereocenters. The van der Waals surface area contributed by atoms with E-state index in [0.29, 0.717) is 22.8 Å². The van der Waals surface area contributed by atoms with Crippen LogP contribution in [0.5, 0.6) is 5.75 Å². The molecule has 9 heteroatoms. The SMILES string of the molecule is C[C@H]1Nc2ccn3ncc(c3n2)C(=O)NC[C@H](CF)Oc2ccc(F)cc21. The molecule has 7 nitrogen and oxygen atoms in total. The van der Waals surface area contributed by atoms with E-state index in [1.807, 2.05) is 6.92 Å². The van der Waals surface area contributed by atoms with Crippen LogP contribution in [0.15, 0.2) is 36.7 Å². The molecule has 3 aromatic rings. The Balaban J connectivity index is 1.82. The predicted molar refractivity (Wildman–Crippen MR) is 94.1 cm³/mol. The van der Waals surface area contributed by atoms with E-state index in [-0.39, 0.29) is 18.2 Å². The van der Waals surface area contributed by atoms with Crippen LogP contribution in [0.25, 0.3) is 5.65 Å². The monoisotopic (exact) mass is 373 g/mol. The fourth-order valence-electron chi connectivity index (χ4n) is 2.98. The molecule has 4 rings (SSSR count). The van der Waals surface area contributed by atoms with Gasteiger partial charge in [0.15, 0.2) is 5.65 Å². The zero-order chi connectivity index (χ0) is 19.0. The minimum Gasteiger partial charge on any atom is -0.485 e. The van der Waals surface area contributed by atoms with E-state index in [1.54, 1.807) is 12.3 Å². The highest BCUT2D eigenvalue weighted by atomic mass is 19.1. The molecule has 2 N–H and O–H groups in total. The van der Waals surface area contributed by atoms with Crippen LogP contribution in [0.4, 0.5) is 14.6 Å². The van der Waals surface area contributed by atoms with Gasteiger partial charge in [-0.1, -0.05) is 0 Å². The molecule has 0 aliphatic carbocycles. The number of alkyl halides is 1. The van der Waals surface area contributed by atoms with Crippen LogP contribution in [-0.4, -0.2) is 39.8 Å². The van der Waals surface area contributed by atoms with Crippen LogP contribution in [0.2, 0.25) is 0 Å². The number of carbonyl (C=O) groups is 1. The van der Waals surface area contributed by atoms with Crippen LogP contribution in [0, 0.1) is 5.82 Å². The molecule has 1 aliphatic heterocycles. The van der Waals surface area contributed by atoms with Gasteiger partial charge in [-0.3, -0.25) is 4.79 Å². The normalized spacial score (nSPS) is 19.9. The number of anilines is 1. The third-order valence-electron chi connectivity index (χ3n) is 4.37. The van der Waals surface area contributed by atoms with Crippen LogP contribution in [-0.2, 0) is 0 Å². The molecule has 3 heterocycles. The smallest absolute Gasteiger partial charge is 0.256 e. The van der Waals surface area contributed by atoms with Gasteiger partial charge >= 0.3 is 0 Å². The van der Waals surface area contributed by atoms with Crippen molar-refractivity contribution < 1.29 is 18.3 Å². The number of nitrogens with zero attached hydrogens (tertiary/aromatic N) is 3. The molecule has 0 saturated carbocycles. The first-order chi connectivity index (χ1) is 13.0. The van der Waals surface area contributed by atoms with Crippen LogP contribution in [0.3, 0.4) is 0 Å². The van der Waals surface area contributed by atoms with E-state index in [4.69, 9.17) is 4.74 Å². The first-order valence-corrected chi connectivity index (χ1v) is 8.46. The van der Waals surface area contributed by atoms with Crippen molar-refractivity contribution in [2.75, 3.05) is 18.5 Å². The highest BCUT2D eigenvalue weighted by Gasteiger charge is 2.21. The highest BCUT2D eigenvalue weighted by molar-refractivity contribution is 5.99. The fraction of sp³-hybridized carbons (Fsp3) is 0.278. The molecule has 0 spiro atoms. The number of benzene rings is 1.